The van der Waals surface area contributed by atoms with Crippen LogP contribution in [-0.2, 0) is 4.74 Å². The summed E-state index contributed by atoms with van der Waals surface area (Å²) in [6.07, 6.45) is -0.460. The number of aliphatic hydroxyl groups is 2. The highest BCUT2D eigenvalue weighted by Gasteiger charge is 2.31. The monoisotopic (exact) mass is 231 g/mol. The Balaban J connectivity index is 2.55. The second-order valence-corrected chi connectivity index (χ2v) is 5.32. The number of nitrogens with zero attached hydrogens (tertiary/aromatic N) is 1. The molecule has 1 aliphatic heterocycles. The van der Waals surface area contributed by atoms with E-state index in [1.165, 1.54) is 4.90 Å². The molecule has 5 heteroatoms. The summed E-state index contributed by atoms with van der Waals surface area (Å²) in [4.78, 5) is 13.2. The molecule has 0 aromatic heterocycles. The zero-order chi connectivity index (χ0) is 12.3. The number of piperidine rings is 1. The van der Waals surface area contributed by atoms with Crippen molar-refractivity contribution in [1.29, 1.82) is 0 Å². The molecule has 1 fully saturated rings. The Hall–Kier alpha value is -0.810. The number of ether oxygens (including phenoxy) is 1. The van der Waals surface area contributed by atoms with Crippen molar-refractivity contribution in [3.63, 3.8) is 0 Å². The molecule has 2 atom stereocenters. The van der Waals surface area contributed by atoms with Crippen molar-refractivity contribution in [2.24, 2.45) is 5.92 Å². The predicted octanol–water partition coefficient (Wildman–Crippen LogP) is 0.597. The zero-order valence-electron chi connectivity index (χ0n) is 10.1. The van der Waals surface area contributed by atoms with E-state index in [1.807, 2.05) is 0 Å². The summed E-state index contributed by atoms with van der Waals surface area (Å²) < 4.78 is 5.21. The third kappa shape index (κ3) is 3.98. The van der Waals surface area contributed by atoms with Gasteiger partial charge in [-0.3, -0.25) is 0 Å². The van der Waals surface area contributed by atoms with E-state index in [4.69, 9.17) is 9.84 Å². The minimum atomic E-state index is -0.571. The SMILES string of the molecule is CC(C)(C)OC(=O)N1C[C@@H](O)C[C@@H](CO)C1. The maximum Gasteiger partial charge on any atom is 0.410 e. The lowest BCUT2D eigenvalue weighted by molar-refractivity contribution is -0.0140. The van der Waals surface area contributed by atoms with Gasteiger partial charge >= 0.3 is 6.09 Å². The first-order valence-electron chi connectivity index (χ1n) is 5.58. The standard InChI is InChI=1S/C11H21NO4/c1-11(2,3)16-10(15)12-5-8(7-13)4-9(14)6-12/h8-9,13-14H,4-7H2,1-3H3/t8-,9+/m1/s1. The van der Waals surface area contributed by atoms with E-state index in [0.717, 1.165) is 0 Å². The molecule has 1 amide bonds. The van der Waals surface area contributed by atoms with Crippen LogP contribution in [0.4, 0.5) is 4.79 Å². The summed E-state index contributed by atoms with van der Waals surface area (Å²) in [5, 5.41) is 18.6. The first-order valence-corrected chi connectivity index (χ1v) is 5.58. The predicted molar refractivity (Wildman–Crippen MR) is 59.0 cm³/mol. The summed E-state index contributed by atoms with van der Waals surface area (Å²) in [6, 6.07) is 0. The lowest BCUT2D eigenvalue weighted by Gasteiger charge is -2.35. The fourth-order valence-corrected chi connectivity index (χ4v) is 1.78. The first-order chi connectivity index (χ1) is 7.31. The minimum Gasteiger partial charge on any atom is -0.444 e. The van der Waals surface area contributed by atoms with Gasteiger partial charge in [0.2, 0.25) is 0 Å². The first kappa shape index (κ1) is 13.3. The van der Waals surface area contributed by atoms with Crippen molar-refractivity contribution in [3.8, 4) is 0 Å². The van der Waals surface area contributed by atoms with Gasteiger partial charge in [-0.2, -0.15) is 0 Å². The highest BCUT2D eigenvalue weighted by molar-refractivity contribution is 5.68. The second-order valence-electron chi connectivity index (χ2n) is 5.32. The van der Waals surface area contributed by atoms with Gasteiger partial charge in [-0.25, -0.2) is 4.79 Å². The molecule has 94 valence electrons. The Morgan fingerprint density at radius 2 is 2.06 bits per heavy atom. The number of hydrogen-bond acceptors (Lipinski definition) is 4. The van der Waals surface area contributed by atoms with Crippen molar-refractivity contribution in [1.82, 2.24) is 4.90 Å². The molecule has 16 heavy (non-hydrogen) atoms. The van der Waals surface area contributed by atoms with Gasteiger partial charge in [0.1, 0.15) is 5.60 Å². The minimum absolute atomic E-state index is 0.0175. The highest BCUT2D eigenvalue weighted by Crippen LogP contribution is 2.19. The maximum absolute atomic E-state index is 11.7. The number of amides is 1. The molecule has 0 saturated carbocycles. The zero-order valence-corrected chi connectivity index (χ0v) is 10.1. The van der Waals surface area contributed by atoms with Crippen molar-refractivity contribution in [2.75, 3.05) is 19.7 Å². The Morgan fingerprint density at radius 1 is 1.44 bits per heavy atom. The smallest absolute Gasteiger partial charge is 0.410 e. The number of likely N-dealkylation sites (tertiary alicyclic amines) is 1. The van der Waals surface area contributed by atoms with Gasteiger partial charge in [-0.15, -0.1) is 0 Å². The molecule has 1 heterocycles. The van der Waals surface area contributed by atoms with Crippen LogP contribution in [-0.4, -0.2) is 52.6 Å². The number of carbonyl (C=O) groups is 1. The third-order valence-electron chi connectivity index (χ3n) is 2.43. The normalized spacial score (nSPS) is 26.7. The molecule has 0 bridgehead atoms. The topological polar surface area (TPSA) is 70.0 Å². The van der Waals surface area contributed by atoms with Crippen LogP contribution < -0.4 is 0 Å². The number of hydrogen-bond donors (Lipinski definition) is 2. The Bertz CT molecular complexity index is 249. The van der Waals surface area contributed by atoms with Crippen LogP contribution >= 0.6 is 0 Å². The van der Waals surface area contributed by atoms with Crippen molar-refractivity contribution in [3.05, 3.63) is 0 Å². The summed E-state index contributed by atoms with van der Waals surface area (Å²) in [5.41, 5.74) is -0.534. The van der Waals surface area contributed by atoms with E-state index in [2.05, 4.69) is 0 Å². The van der Waals surface area contributed by atoms with Crippen LogP contribution in [0.2, 0.25) is 0 Å². The Labute approximate surface area is 96.0 Å². The van der Waals surface area contributed by atoms with Crippen molar-refractivity contribution < 1.29 is 19.7 Å². The molecule has 0 radical (unpaired) electrons. The van der Waals surface area contributed by atoms with Crippen LogP contribution in [0.5, 0.6) is 0 Å². The van der Waals surface area contributed by atoms with Gasteiger partial charge in [-0.1, -0.05) is 0 Å². The molecule has 1 rings (SSSR count). The van der Waals surface area contributed by atoms with E-state index in [-0.39, 0.29) is 19.1 Å². The van der Waals surface area contributed by atoms with Gasteiger partial charge < -0.3 is 19.8 Å². The van der Waals surface area contributed by atoms with E-state index in [1.54, 1.807) is 20.8 Å². The van der Waals surface area contributed by atoms with Gasteiger partial charge in [0, 0.05) is 25.6 Å². The Morgan fingerprint density at radius 3 is 2.56 bits per heavy atom. The molecule has 0 aromatic carbocycles. The largest absolute Gasteiger partial charge is 0.444 e. The van der Waals surface area contributed by atoms with E-state index in [9.17, 15) is 9.90 Å². The molecule has 0 aliphatic carbocycles. The van der Waals surface area contributed by atoms with Gasteiger partial charge in [-0.05, 0) is 27.2 Å². The van der Waals surface area contributed by atoms with Crippen molar-refractivity contribution in [2.45, 2.75) is 38.9 Å². The van der Waals surface area contributed by atoms with Crippen LogP contribution in [0.3, 0.4) is 0 Å². The summed E-state index contributed by atoms with van der Waals surface area (Å²) in [6.45, 7) is 6.11. The van der Waals surface area contributed by atoms with Gasteiger partial charge in [0.15, 0.2) is 0 Å². The molecular formula is C11H21NO4. The average Bonchev–Trinajstić information content (AvgIpc) is 2.14. The summed E-state index contributed by atoms with van der Waals surface area (Å²) in [5.74, 6) is -0.0590. The van der Waals surface area contributed by atoms with E-state index >= 15 is 0 Å². The van der Waals surface area contributed by atoms with Crippen LogP contribution in [0.15, 0.2) is 0 Å². The maximum atomic E-state index is 11.7. The van der Waals surface area contributed by atoms with Gasteiger partial charge in [0.05, 0.1) is 6.10 Å². The van der Waals surface area contributed by atoms with Crippen LogP contribution in [0, 0.1) is 5.92 Å². The van der Waals surface area contributed by atoms with Gasteiger partial charge in [0.25, 0.3) is 0 Å². The highest BCUT2D eigenvalue weighted by atomic mass is 16.6. The third-order valence-corrected chi connectivity index (χ3v) is 2.43. The second kappa shape index (κ2) is 5.01. The van der Waals surface area contributed by atoms with Crippen molar-refractivity contribution >= 4 is 6.09 Å². The quantitative estimate of drug-likeness (QED) is 0.693. The molecule has 5 nitrogen and oxygen atoms in total. The van der Waals surface area contributed by atoms with E-state index in [0.29, 0.717) is 13.0 Å². The fourth-order valence-electron chi connectivity index (χ4n) is 1.78. The lowest BCUT2D eigenvalue weighted by atomic mass is 9.97. The molecule has 2 N–H and O–H groups in total. The number of rotatable bonds is 1. The lowest BCUT2D eigenvalue weighted by Crippen LogP contribution is -2.48. The number of aliphatic hydroxyl groups excluding tert-OH is 2. The Kier molecular flexibility index (Phi) is 4.15. The molecular weight excluding hydrogens is 210 g/mol. The average molecular weight is 231 g/mol. The fraction of sp³-hybridized carbons (Fsp3) is 0.909. The molecule has 0 unspecified atom stereocenters. The van der Waals surface area contributed by atoms with Crippen LogP contribution in [0.1, 0.15) is 27.2 Å². The molecule has 0 spiro atoms. The van der Waals surface area contributed by atoms with Crippen LogP contribution in [0.25, 0.3) is 0 Å². The molecule has 0 aromatic rings. The number of carbonyl (C=O) groups excluding carboxylic acids is 1. The molecule has 1 aliphatic rings. The summed E-state index contributed by atoms with van der Waals surface area (Å²) in [7, 11) is 0. The summed E-state index contributed by atoms with van der Waals surface area (Å²) >= 11 is 0. The van der Waals surface area contributed by atoms with E-state index < -0.39 is 17.8 Å². The molecule has 1 saturated heterocycles. The number of β-amino-alcohol motifs (C(OH)–C–C–N with tert-alkyl or cyclic N) is 1.